The van der Waals surface area contributed by atoms with Gasteiger partial charge >= 0.3 is 12.1 Å². The van der Waals surface area contributed by atoms with Gasteiger partial charge in [0.1, 0.15) is 0 Å². The molecule has 1 aliphatic heterocycles. The maximum atomic E-state index is 14.1. The number of nitrogens with zero attached hydrogens (tertiary/aromatic N) is 3. The second-order valence-corrected chi connectivity index (χ2v) is 8.91. The molecule has 0 spiro atoms. The van der Waals surface area contributed by atoms with E-state index >= 15 is 0 Å². The summed E-state index contributed by atoms with van der Waals surface area (Å²) in [7, 11) is 0. The Labute approximate surface area is 209 Å². The van der Waals surface area contributed by atoms with Crippen LogP contribution >= 0.6 is 22.9 Å². The van der Waals surface area contributed by atoms with Crippen molar-refractivity contribution in [3.8, 4) is 0 Å². The minimum atomic E-state index is -5.03. The number of aromatic nitrogens is 1. The zero-order valence-electron chi connectivity index (χ0n) is 18.3. The molecule has 0 fully saturated rings. The van der Waals surface area contributed by atoms with Crippen LogP contribution in [0.5, 0.6) is 0 Å². The summed E-state index contributed by atoms with van der Waals surface area (Å²) in [5, 5.41) is 11.4. The molecule has 4 rings (SSSR count). The average molecular weight is 538 g/mol. The Hall–Kier alpha value is -3.77. The van der Waals surface area contributed by atoms with Crippen LogP contribution in [0.2, 0.25) is 5.02 Å². The zero-order chi connectivity index (χ0) is 26.2. The molecule has 0 saturated heterocycles. The highest BCUT2D eigenvalue weighted by Crippen LogP contribution is 2.38. The minimum absolute atomic E-state index is 0.0279. The number of alkyl halides is 3. The molecule has 186 valence electrons. The van der Waals surface area contributed by atoms with Gasteiger partial charge in [0.2, 0.25) is 0 Å². The lowest BCUT2D eigenvalue weighted by Crippen LogP contribution is -2.41. The number of ether oxygens (including phenoxy) is 1. The third kappa shape index (κ3) is 4.82. The van der Waals surface area contributed by atoms with E-state index in [-0.39, 0.29) is 32.8 Å². The molecule has 13 heteroatoms. The molecule has 1 atom stereocenters. The van der Waals surface area contributed by atoms with Crippen LogP contribution < -0.4 is 14.9 Å². The SMILES string of the molecule is CCOC(=O)C1=C(C(F)(F)F)N=c2s/c(=C\c3cccc([N+](=O)[O-])c3)c(=O)n2[C@H]1c1ccc(Cl)cc1. The van der Waals surface area contributed by atoms with Gasteiger partial charge in [0.05, 0.1) is 27.7 Å². The summed E-state index contributed by atoms with van der Waals surface area (Å²) in [6, 6.07) is 9.57. The van der Waals surface area contributed by atoms with Crippen LogP contribution in [-0.2, 0) is 9.53 Å². The summed E-state index contributed by atoms with van der Waals surface area (Å²) in [6.07, 6.45) is -3.71. The smallest absolute Gasteiger partial charge is 0.434 e. The molecule has 0 saturated carbocycles. The number of rotatable bonds is 5. The Morgan fingerprint density at radius 1 is 1.28 bits per heavy atom. The van der Waals surface area contributed by atoms with E-state index in [0.29, 0.717) is 16.4 Å². The Morgan fingerprint density at radius 3 is 2.58 bits per heavy atom. The van der Waals surface area contributed by atoms with Crippen LogP contribution in [0.15, 0.2) is 69.6 Å². The molecule has 8 nitrogen and oxygen atoms in total. The van der Waals surface area contributed by atoms with Crippen LogP contribution in [0.3, 0.4) is 0 Å². The van der Waals surface area contributed by atoms with Gasteiger partial charge in [-0.15, -0.1) is 0 Å². The number of benzene rings is 2. The predicted molar refractivity (Wildman–Crippen MR) is 125 cm³/mol. The fraction of sp³-hybridized carbons (Fsp3) is 0.174. The highest BCUT2D eigenvalue weighted by molar-refractivity contribution is 7.07. The van der Waals surface area contributed by atoms with Crippen LogP contribution in [0.25, 0.3) is 6.08 Å². The lowest BCUT2D eigenvalue weighted by Gasteiger charge is -2.26. The number of nitro benzene ring substituents is 1. The lowest BCUT2D eigenvalue weighted by molar-refractivity contribution is -0.384. The van der Waals surface area contributed by atoms with Crippen LogP contribution in [0.1, 0.15) is 24.1 Å². The molecular formula is C23H15ClF3N3O5S. The van der Waals surface area contributed by atoms with Gasteiger partial charge in [0, 0.05) is 17.2 Å². The van der Waals surface area contributed by atoms with Crippen molar-refractivity contribution in [2.24, 2.45) is 4.99 Å². The highest BCUT2D eigenvalue weighted by atomic mass is 35.5. The fourth-order valence-electron chi connectivity index (χ4n) is 3.68. The first-order valence-corrected chi connectivity index (χ1v) is 11.5. The number of hydrogen-bond acceptors (Lipinski definition) is 7. The van der Waals surface area contributed by atoms with E-state index in [1.807, 2.05) is 0 Å². The van der Waals surface area contributed by atoms with Gasteiger partial charge in [-0.2, -0.15) is 13.2 Å². The highest BCUT2D eigenvalue weighted by Gasteiger charge is 2.45. The molecule has 3 aromatic rings. The topological polar surface area (TPSA) is 104 Å². The first-order valence-electron chi connectivity index (χ1n) is 10.3. The minimum Gasteiger partial charge on any atom is -0.463 e. The molecule has 0 bridgehead atoms. The molecule has 2 aromatic carbocycles. The van der Waals surface area contributed by atoms with Crippen molar-refractivity contribution in [3.05, 3.63) is 106 Å². The first kappa shape index (κ1) is 25.3. The predicted octanol–water partition coefficient (Wildman–Crippen LogP) is 3.90. The van der Waals surface area contributed by atoms with E-state index in [9.17, 15) is 32.9 Å². The molecule has 1 aliphatic rings. The number of allylic oxidation sites excluding steroid dienone is 1. The number of carbonyl (C=O) groups excluding carboxylic acids is 1. The van der Waals surface area contributed by atoms with E-state index in [1.54, 1.807) is 0 Å². The van der Waals surface area contributed by atoms with Gasteiger partial charge in [-0.1, -0.05) is 47.2 Å². The number of hydrogen-bond donors (Lipinski definition) is 0. The van der Waals surface area contributed by atoms with Crippen molar-refractivity contribution < 1.29 is 27.6 Å². The molecule has 0 N–H and O–H groups in total. The van der Waals surface area contributed by atoms with Crippen molar-refractivity contribution in [1.29, 1.82) is 0 Å². The van der Waals surface area contributed by atoms with E-state index in [4.69, 9.17) is 16.3 Å². The molecular weight excluding hydrogens is 523 g/mol. The average Bonchev–Trinajstić information content (AvgIpc) is 3.13. The standard InChI is InChI=1S/C23H15ClF3N3O5S/c1-2-35-21(32)17-18(13-6-8-14(24)9-7-13)29-20(31)16(36-22(29)28-19(17)23(25,26)27)11-12-4-3-5-15(10-12)30(33)34/h3-11,18H,2H2,1H3/b16-11-/t18-/m0/s1. The van der Waals surface area contributed by atoms with Crippen molar-refractivity contribution in [3.63, 3.8) is 0 Å². The summed E-state index contributed by atoms with van der Waals surface area (Å²) in [5.41, 5.74) is -2.78. The Morgan fingerprint density at radius 2 is 1.97 bits per heavy atom. The van der Waals surface area contributed by atoms with Crippen LogP contribution in [0, 0.1) is 10.1 Å². The fourth-order valence-corrected chi connectivity index (χ4v) is 4.81. The molecule has 1 aromatic heterocycles. The summed E-state index contributed by atoms with van der Waals surface area (Å²) in [4.78, 5) is 40.0. The third-order valence-electron chi connectivity index (χ3n) is 5.16. The van der Waals surface area contributed by atoms with Gasteiger partial charge in [-0.3, -0.25) is 19.5 Å². The van der Waals surface area contributed by atoms with Crippen molar-refractivity contribution in [1.82, 2.24) is 4.57 Å². The van der Waals surface area contributed by atoms with Gasteiger partial charge in [0.25, 0.3) is 11.2 Å². The Kier molecular flexibility index (Phi) is 6.83. The second-order valence-electron chi connectivity index (χ2n) is 7.47. The molecule has 36 heavy (non-hydrogen) atoms. The van der Waals surface area contributed by atoms with Gasteiger partial charge in [-0.25, -0.2) is 9.79 Å². The van der Waals surface area contributed by atoms with Crippen LogP contribution in [0.4, 0.5) is 18.9 Å². The van der Waals surface area contributed by atoms with Crippen LogP contribution in [-0.4, -0.2) is 28.2 Å². The zero-order valence-corrected chi connectivity index (χ0v) is 19.9. The molecule has 0 amide bonds. The number of thiazole rings is 1. The third-order valence-corrected chi connectivity index (χ3v) is 6.39. The molecule has 0 unspecified atom stereocenters. The number of halogens is 4. The van der Waals surface area contributed by atoms with Gasteiger partial charge < -0.3 is 4.74 Å². The first-order chi connectivity index (χ1) is 17.0. The number of fused-ring (bicyclic) bond motifs is 1. The number of nitro groups is 1. The van der Waals surface area contributed by atoms with Gasteiger partial charge in [0.15, 0.2) is 10.5 Å². The maximum Gasteiger partial charge on any atom is 0.434 e. The number of non-ortho nitro benzene ring substituents is 1. The lowest BCUT2D eigenvalue weighted by atomic mass is 9.95. The van der Waals surface area contributed by atoms with Crippen molar-refractivity contribution >= 4 is 40.7 Å². The molecule has 2 heterocycles. The number of carbonyl (C=O) groups is 1. The van der Waals surface area contributed by atoms with Gasteiger partial charge in [-0.05, 0) is 36.3 Å². The Bertz CT molecular complexity index is 1580. The van der Waals surface area contributed by atoms with E-state index < -0.39 is 39.9 Å². The van der Waals surface area contributed by atoms with E-state index in [0.717, 1.165) is 4.57 Å². The van der Waals surface area contributed by atoms with Crippen molar-refractivity contribution in [2.45, 2.75) is 19.1 Å². The summed E-state index contributed by atoms with van der Waals surface area (Å²) in [5.74, 6) is -1.26. The normalized spacial score (nSPS) is 15.9. The number of esters is 1. The van der Waals surface area contributed by atoms with E-state index in [2.05, 4.69) is 4.99 Å². The van der Waals surface area contributed by atoms with E-state index in [1.165, 1.54) is 61.5 Å². The summed E-state index contributed by atoms with van der Waals surface area (Å²) < 4.78 is 48.1. The largest absolute Gasteiger partial charge is 0.463 e. The second kappa shape index (κ2) is 9.70. The molecule has 0 aliphatic carbocycles. The monoisotopic (exact) mass is 537 g/mol. The maximum absolute atomic E-state index is 14.1. The molecule has 0 radical (unpaired) electrons. The quantitative estimate of drug-likeness (QED) is 0.279. The summed E-state index contributed by atoms with van der Waals surface area (Å²) >= 11 is 6.61. The Balaban J connectivity index is 2.03. The van der Waals surface area contributed by atoms with Crippen molar-refractivity contribution in [2.75, 3.05) is 6.61 Å². The summed E-state index contributed by atoms with van der Waals surface area (Å²) in [6.45, 7) is 1.25.